The number of hydrogen-bond acceptors (Lipinski definition) is 6. The lowest BCUT2D eigenvalue weighted by Gasteiger charge is -2.09. The van der Waals surface area contributed by atoms with E-state index in [1.807, 2.05) is 71.6 Å². The second-order valence-electron chi connectivity index (χ2n) is 6.49. The number of carbonyl (C=O) groups is 1. The smallest absolute Gasteiger partial charge is 0.234 e. The maximum Gasteiger partial charge on any atom is 0.234 e. The topological polar surface area (TPSA) is 69.0 Å². The molecule has 6 nitrogen and oxygen atoms in total. The van der Waals surface area contributed by atoms with Gasteiger partial charge in [-0.1, -0.05) is 42.1 Å². The number of anilines is 1. The Bertz CT molecular complexity index is 1110. The summed E-state index contributed by atoms with van der Waals surface area (Å²) in [6.45, 7) is 0. The highest BCUT2D eigenvalue weighted by atomic mass is 32.2. The standard InChI is InChI=1S/C22H20N4O2S2/c1-26-20(14-19-11-6-12-29-19)24-25-22(26)30-15-21(27)23-16-7-5-10-18(13-16)28-17-8-3-2-4-9-17/h2-13H,14-15H2,1H3,(H,23,27). The summed E-state index contributed by atoms with van der Waals surface area (Å²) in [5.41, 5.74) is 0.686. The van der Waals surface area contributed by atoms with Crippen molar-refractivity contribution >= 4 is 34.7 Å². The normalized spacial score (nSPS) is 10.7. The van der Waals surface area contributed by atoms with Crippen molar-refractivity contribution in [1.82, 2.24) is 14.8 Å². The number of rotatable bonds is 8. The van der Waals surface area contributed by atoms with Crippen molar-refractivity contribution in [3.8, 4) is 11.5 Å². The fourth-order valence-corrected chi connectivity index (χ4v) is 4.21. The summed E-state index contributed by atoms with van der Waals surface area (Å²) in [4.78, 5) is 13.6. The van der Waals surface area contributed by atoms with E-state index in [0.717, 1.165) is 23.2 Å². The third-order valence-electron chi connectivity index (χ3n) is 4.27. The second-order valence-corrected chi connectivity index (χ2v) is 8.47. The Morgan fingerprint density at radius 3 is 2.70 bits per heavy atom. The van der Waals surface area contributed by atoms with Crippen LogP contribution in [0.25, 0.3) is 0 Å². The molecule has 0 atom stereocenters. The zero-order chi connectivity index (χ0) is 20.8. The Labute approximate surface area is 182 Å². The van der Waals surface area contributed by atoms with Crippen LogP contribution in [-0.2, 0) is 18.3 Å². The molecule has 2 aromatic heterocycles. The Morgan fingerprint density at radius 2 is 1.90 bits per heavy atom. The first-order valence-electron chi connectivity index (χ1n) is 9.33. The second kappa shape index (κ2) is 9.60. The summed E-state index contributed by atoms with van der Waals surface area (Å²) in [7, 11) is 1.92. The van der Waals surface area contributed by atoms with E-state index in [0.29, 0.717) is 11.4 Å². The summed E-state index contributed by atoms with van der Waals surface area (Å²) in [6, 6.07) is 21.0. The molecule has 0 aliphatic heterocycles. The van der Waals surface area contributed by atoms with E-state index < -0.39 is 0 Å². The minimum absolute atomic E-state index is 0.111. The van der Waals surface area contributed by atoms with Crippen molar-refractivity contribution in [1.29, 1.82) is 0 Å². The van der Waals surface area contributed by atoms with E-state index in [9.17, 15) is 4.79 Å². The van der Waals surface area contributed by atoms with Gasteiger partial charge in [0.1, 0.15) is 17.3 Å². The van der Waals surface area contributed by atoms with Gasteiger partial charge in [0.25, 0.3) is 0 Å². The molecule has 0 aliphatic carbocycles. The number of benzene rings is 2. The van der Waals surface area contributed by atoms with E-state index in [4.69, 9.17) is 4.74 Å². The monoisotopic (exact) mass is 436 g/mol. The molecule has 8 heteroatoms. The number of aromatic nitrogens is 3. The molecule has 0 spiro atoms. The van der Waals surface area contributed by atoms with Gasteiger partial charge in [0.2, 0.25) is 5.91 Å². The molecule has 0 saturated carbocycles. The number of hydrogen-bond donors (Lipinski definition) is 1. The maximum absolute atomic E-state index is 12.4. The molecular formula is C22H20N4O2S2. The Hall–Kier alpha value is -3.10. The average Bonchev–Trinajstić information content (AvgIpc) is 3.38. The first kappa shape index (κ1) is 20.2. The number of nitrogens with one attached hydrogen (secondary N) is 1. The molecule has 4 rings (SSSR count). The number of para-hydroxylation sites is 1. The van der Waals surface area contributed by atoms with Gasteiger partial charge < -0.3 is 14.6 Å². The maximum atomic E-state index is 12.4. The third-order valence-corrected chi connectivity index (χ3v) is 6.16. The Morgan fingerprint density at radius 1 is 1.07 bits per heavy atom. The van der Waals surface area contributed by atoms with Crippen LogP contribution in [-0.4, -0.2) is 26.4 Å². The molecule has 0 bridgehead atoms. The zero-order valence-corrected chi connectivity index (χ0v) is 18.0. The summed E-state index contributed by atoms with van der Waals surface area (Å²) >= 11 is 3.06. The quantitative estimate of drug-likeness (QED) is 0.394. The lowest BCUT2D eigenvalue weighted by Crippen LogP contribution is -2.14. The van der Waals surface area contributed by atoms with Crippen LogP contribution >= 0.6 is 23.1 Å². The third kappa shape index (κ3) is 5.28. The van der Waals surface area contributed by atoms with Crippen molar-refractivity contribution in [2.45, 2.75) is 11.6 Å². The number of carbonyl (C=O) groups excluding carboxylic acids is 1. The van der Waals surface area contributed by atoms with Crippen molar-refractivity contribution < 1.29 is 9.53 Å². The Balaban J connectivity index is 1.32. The molecule has 0 fully saturated rings. The minimum atomic E-state index is -0.111. The van der Waals surface area contributed by atoms with Crippen molar-refractivity contribution in [3.05, 3.63) is 82.8 Å². The molecule has 4 aromatic rings. The van der Waals surface area contributed by atoms with E-state index in [-0.39, 0.29) is 11.7 Å². The highest BCUT2D eigenvalue weighted by Gasteiger charge is 2.12. The average molecular weight is 437 g/mol. The van der Waals surface area contributed by atoms with Crippen molar-refractivity contribution in [2.24, 2.45) is 7.05 Å². The van der Waals surface area contributed by atoms with Gasteiger partial charge in [0.05, 0.1) is 5.75 Å². The lowest BCUT2D eigenvalue weighted by molar-refractivity contribution is -0.113. The summed E-state index contributed by atoms with van der Waals surface area (Å²) in [5.74, 6) is 2.43. The fourth-order valence-electron chi connectivity index (χ4n) is 2.78. The van der Waals surface area contributed by atoms with Gasteiger partial charge in [-0.05, 0) is 35.7 Å². The molecule has 152 valence electrons. The van der Waals surface area contributed by atoms with Crippen molar-refractivity contribution in [3.63, 3.8) is 0 Å². The number of ether oxygens (including phenoxy) is 1. The van der Waals surface area contributed by atoms with Crippen LogP contribution in [0, 0.1) is 0 Å². The largest absolute Gasteiger partial charge is 0.457 e. The predicted octanol–water partition coefficient (Wildman–Crippen LogP) is 4.99. The van der Waals surface area contributed by atoms with Crippen LogP contribution < -0.4 is 10.1 Å². The number of nitrogens with zero attached hydrogens (tertiary/aromatic N) is 3. The number of thioether (sulfide) groups is 1. The zero-order valence-electron chi connectivity index (χ0n) is 16.3. The van der Waals surface area contributed by atoms with Crippen LogP contribution in [0.5, 0.6) is 11.5 Å². The summed E-state index contributed by atoms with van der Waals surface area (Å²) < 4.78 is 7.75. The SMILES string of the molecule is Cn1c(Cc2cccs2)nnc1SCC(=O)Nc1cccc(Oc2ccccc2)c1. The molecule has 0 unspecified atom stereocenters. The van der Waals surface area contributed by atoms with Crippen molar-refractivity contribution in [2.75, 3.05) is 11.1 Å². The van der Waals surface area contributed by atoms with Gasteiger partial charge in [0, 0.05) is 30.1 Å². The summed E-state index contributed by atoms with van der Waals surface area (Å²) in [6.07, 6.45) is 0.738. The van der Waals surface area contributed by atoms with Gasteiger partial charge >= 0.3 is 0 Å². The highest BCUT2D eigenvalue weighted by Crippen LogP contribution is 2.24. The molecule has 0 aliphatic rings. The van der Waals surface area contributed by atoms with Gasteiger partial charge in [0.15, 0.2) is 5.16 Å². The summed E-state index contributed by atoms with van der Waals surface area (Å²) in [5, 5.41) is 14.1. The first-order valence-corrected chi connectivity index (χ1v) is 11.2. The molecule has 2 heterocycles. The molecular weight excluding hydrogens is 416 g/mol. The molecule has 2 aromatic carbocycles. The van der Waals surface area contributed by atoms with E-state index >= 15 is 0 Å². The molecule has 1 amide bonds. The van der Waals surface area contributed by atoms with Gasteiger partial charge in [-0.15, -0.1) is 21.5 Å². The highest BCUT2D eigenvalue weighted by molar-refractivity contribution is 7.99. The molecule has 1 N–H and O–H groups in total. The fraction of sp³-hybridized carbons (Fsp3) is 0.136. The van der Waals surface area contributed by atoms with E-state index in [1.165, 1.54) is 16.6 Å². The first-order chi connectivity index (χ1) is 14.7. The lowest BCUT2D eigenvalue weighted by atomic mass is 10.3. The molecule has 30 heavy (non-hydrogen) atoms. The number of amides is 1. The Kier molecular flexibility index (Phi) is 6.46. The van der Waals surface area contributed by atoms with Crippen LogP contribution in [0.1, 0.15) is 10.7 Å². The van der Waals surface area contributed by atoms with E-state index in [1.54, 1.807) is 17.4 Å². The van der Waals surface area contributed by atoms with Crippen LogP contribution in [0.2, 0.25) is 0 Å². The van der Waals surface area contributed by atoms with Crippen LogP contribution in [0.3, 0.4) is 0 Å². The minimum Gasteiger partial charge on any atom is -0.457 e. The number of thiophene rings is 1. The van der Waals surface area contributed by atoms with Crippen LogP contribution in [0.4, 0.5) is 5.69 Å². The van der Waals surface area contributed by atoms with Gasteiger partial charge in [-0.25, -0.2) is 0 Å². The van der Waals surface area contributed by atoms with Gasteiger partial charge in [-0.3, -0.25) is 4.79 Å². The molecule has 0 radical (unpaired) electrons. The van der Waals surface area contributed by atoms with E-state index in [2.05, 4.69) is 21.6 Å². The van der Waals surface area contributed by atoms with Gasteiger partial charge in [-0.2, -0.15) is 0 Å². The van der Waals surface area contributed by atoms with Crippen LogP contribution in [0.15, 0.2) is 77.3 Å². The molecule has 0 saturated heterocycles. The predicted molar refractivity (Wildman–Crippen MR) is 120 cm³/mol.